The highest BCUT2D eigenvalue weighted by molar-refractivity contribution is 5.90. The van der Waals surface area contributed by atoms with Crippen molar-refractivity contribution in [3.8, 4) is 0 Å². The van der Waals surface area contributed by atoms with Crippen molar-refractivity contribution in [1.82, 2.24) is 0 Å². The van der Waals surface area contributed by atoms with Crippen molar-refractivity contribution in [2.24, 2.45) is 17.8 Å². The van der Waals surface area contributed by atoms with Gasteiger partial charge in [-0.15, -0.1) is 0 Å². The predicted molar refractivity (Wildman–Crippen MR) is 72.4 cm³/mol. The maximum Gasteiger partial charge on any atom is 0.333 e. The van der Waals surface area contributed by atoms with Crippen LogP contribution in [0.1, 0.15) is 40.5 Å². The van der Waals surface area contributed by atoms with E-state index in [4.69, 9.17) is 9.47 Å². The fourth-order valence-corrected chi connectivity index (χ4v) is 1.76. The zero-order valence-corrected chi connectivity index (χ0v) is 12.3. The van der Waals surface area contributed by atoms with Crippen LogP contribution in [-0.2, 0) is 19.1 Å². The number of esters is 2. The van der Waals surface area contributed by atoms with Gasteiger partial charge in [0.05, 0.1) is 19.1 Å². The smallest absolute Gasteiger partial charge is 0.333 e. The van der Waals surface area contributed by atoms with Gasteiger partial charge in [-0.1, -0.05) is 33.8 Å². The molecule has 0 radical (unpaired) electrons. The summed E-state index contributed by atoms with van der Waals surface area (Å²) in [5.41, 5.74) is 0.604. The maximum absolute atomic E-state index is 11.8. The minimum Gasteiger partial charge on any atom is -0.465 e. The molecule has 0 aliphatic heterocycles. The summed E-state index contributed by atoms with van der Waals surface area (Å²) < 4.78 is 10.3. The van der Waals surface area contributed by atoms with Gasteiger partial charge in [0.15, 0.2) is 0 Å². The molecule has 1 atom stereocenters. The van der Waals surface area contributed by atoms with E-state index in [2.05, 4.69) is 0 Å². The van der Waals surface area contributed by atoms with Crippen LogP contribution < -0.4 is 0 Å². The number of ether oxygens (including phenoxy) is 2. The van der Waals surface area contributed by atoms with E-state index in [1.54, 1.807) is 6.08 Å². The van der Waals surface area contributed by atoms with Crippen molar-refractivity contribution >= 4 is 11.9 Å². The number of allylic oxidation sites excluding steroid dienone is 1. The van der Waals surface area contributed by atoms with Crippen LogP contribution in [0, 0.1) is 17.8 Å². The van der Waals surface area contributed by atoms with Gasteiger partial charge in [-0.2, -0.15) is 0 Å². The van der Waals surface area contributed by atoms with Crippen LogP contribution in [0.3, 0.4) is 0 Å². The van der Waals surface area contributed by atoms with Crippen molar-refractivity contribution in [3.05, 3.63) is 11.6 Å². The molecule has 0 spiro atoms. The zero-order chi connectivity index (χ0) is 14.4. The Labute approximate surface area is 115 Å². The van der Waals surface area contributed by atoms with Crippen LogP contribution >= 0.6 is 0 Å². The summed E-state index contributed by atoms with van der Waals surface area (Å²) in [7, 11) is 0. The van der Waals surface area contributed by atoms with E-state index in [0.717, 1.165) is 0 Å². The minimum absolute atomic E-state index is 0.211. The molecule has 0 aromatic rings. The number of carbonyl (C=O) groups is 2. The Morgan fingerprint density at radius 3 is 2.32 bits per heavy atom. The highest BCUT2D eigenvalue weighted by atomic mass is 16.5. The van der Waals surface area contributed by atoms with Crippen molar-refractivity contribution < 1.29 is 19.1 Å². The van der Waals surface area contributed by atoms with Crippen LogP contribution in [0.15, 0.2) is 11.6 Å². The van der Waals surface area contributed by atoms with Gasteiger partial charge in [-0.05, 0) is 24.7 Å². The first-order valence-electron chi connectivity index (χ1n) is 6.93. The Balaban J connectivity index is 2.35. The topological polar surface area (TPSA) is 52.6 Å². The molecule has 1 aliphatic rings. The Morgan fingerprint density at radius 1 is 1.16 bits per heavy atom. The summed E-state index contributed by atoms with van der Waals surface area (Å²) in [4.78, 5) is 23.5. The molecule has 0 fully saturated rings. The first-order valence-corrected chi connectivity index (χ1v) is 6.93. The summed E-state index contributed by atoms with van der Waals surface area (Å²) >= 11 is 0. The molecule has 0 bridgehead atoms. The highest BCUT2D eigenvalue weighted by Crippen LogP contribution is 2.27. The Bertz CT molecular complexity index is 355. The van der Waals surface area contributed by atoms with Crippen LogP contribution in [0.2, 0.25) is 0 Å². The molecule has 0 N–H and O–H groups in total. The van der Waals surface area contributed by atoms with E-state index in [9.17, 15) is 9.59 Å². The lowest BCUT2D eigenvalue weighted by molar-refractivity contribution is -0.149. The van der Waals surface area contributed by atoms with Crippen molar-refractivity contribution in [2.75, 3.05) is 13.2 Å². The second-order valence-corrected chi connectivity index (χ2v) is 5.88. The predicted octanol–water partition coefficient (Wildman–Crippen LogP) is 2.72. The number of carbonyl (C=O) groups excluding carboxylic acids is 2. The normalized spacial score (nSPS) is 18.6. The van der Waals surface area contributed by atoms with Gasteiger partial charge in [0.2, 0.25) is 0 Å². The third-order valence-corrected chi connectivity index (χ3v) is 2.82. The molecule has 1 unspecified atom stereocenters. The van der Waals surface area contributed by atoms with E-state index in [1.807, 2.05) is 27.7 Å². The van der Waals surface area contributed by atoms with Crippen molar-refractivity contribution in [1.29, 1.82) is 0 Å². The molecule has 1 rings (SSSR count). The van der Waals surface area contributed by atoms with Crippen LogP contribution in [-0.4, -0.2) is 25.2 Å². The van der Waals surface area contributed by atoms with Gasteiger partial charge in [-0.3, -0.25) is 4.79 Å². The molecule has 0 heterocycles. The Kier molecular flexibility index (Phi) is 6.06. The fraction of sp³-hybridized carbons (Fsp3) is 0.733. The van der Waals surface area contributed by atoms with Gasteiger partial charge in [0, 0.05) is 5.57 Å². The number of rotatable bonds is 6. The summed E-state index contributed by atoms with van der Waals surface area (Å²) in [6.07, 6.45) is 2.81. The molecule has 108 valence electrons. The molecule has 0 saturated carbocycles. The zero-order valence-electron chi connectivity index (χ0n) is 12.3. The second kappa shape index (κ2) is 7.31. The average molecular weight is 268 g/mol. The summed E-state index contributed by atoms with van der Waals surface area (Å²) in [6, 6.07) is 0. The van der Waals surface area contributed by atoms with Gasteiger partial charge < -0.3 is 9.47 Å². The summed E-state index contributed by atoms with van der Waals surface area (Å²) in [5, 5.41) is 0. The van der Waals surface area contributed by atoms with Gasteiger partial charge in [0.1, 0.15) is 0 Å². The molecule has 0 aromatic carbocycles. The molecule has 0 amide bonds. The van der Waals surface area contributed by atoms with E-state index in [-0.39, 0.29) is 17.9 Å². The van der Waals surface area contributed by atoms with Crippen molar-refractivity contribution in [3.63, 3.8) is 0 Å². The summed E-state index contributed by atoms with van der Waals surface area (Å²) in [6.45, 7) is 8.82. The lowest BCUT2D eigenvalue weighted by Crippen LogP contribution is -2.19. The number of hydrogen-bond acceptors (Lipinski definition) is 4. The van der Waals surface area contributed by atoms with E-state index >= 15 is 0 Å². The molecular formula is C15H24O4. The average Bonchev–Trinajstić information content (AvgIpc) is 2.82. The summed E-state index contributed by atoms with van der Waals surface area (Å²) in [5.74, 6) is -0.0867. The SMILES string of the molecule is CC(C)COC(=O)C1=CCC(C(=O)OCC(C)C)C1. The van der Waals surface area contributed by atoms with Gasteiger partial charge >= 0.3 is 11.9 Å². The third-order valence-electron chi connectivity index (χ3n) is 2.82. The van der Waals surface area contributed by atoms with Gasteiger partial charge in [-0.25, -0.2) is 4.79 Å². The van der Waals surface area contributed by atoms with Crippen LogP contribution in [0.4, 0.5) is 0 Å². The molecule has 0 aromatic heterocycles. The monoisotopic (exact) mass is 268 g/mol. The fourth-order valence-electron chi connectivity index (χ4n) is 1.76. The van der Waals surface area contributed by atoms with Crippen molar-refractivity contribution in [2.45, 2.75) is 40.5 Å². The van der Waals surface area contributed by atoms with Crippen LogP contribution in [0.5, 0.6) is 0 Å². The molecule has 19 heavy (non-hydrogen) atoms. The first kappa shape index (κ1) is 15.7. The molecular weight excluding hydrogens is 244 g/mol. The highest BCUT2D eigenvalue weighted by Gasteiger charge is 2.29. The van der Waals surface area contributed by atoms with E-state index in [0.29, 0.717) is 43.5 Å². The maximum atomic E-state index is 11.8. The molecule has 0 saturated heterocycles. The third kappa shape index (κ3) is 5.45. The van der Waals surface area contributed by atoms with Crippen LogP contribution in [0.25, 0.3) is 0 Å². The minimum atomic E-state index is -0.298. The Hall–Kier alpha value is -1.32. The largest absolute Gasteiger partial charge is 0.465 e. The van der Waals surface area contributed by atoms with E-state index < -0.39 is 0 Å². The lowest BCUT2D eigenvalue weighted by atomic mass is 10.1. The second-order valence-electron chi connectivity index (χ2n) is 5.88. The number of hydrogen-bond donors (Lipinski definition) is 0. The molecule has 1 aliphatic carbocycles. The van der Waals surface area contributed by atoms with Gasteiger partial charge in [0.25, 0.3) is 0 Å². The first-order chi connectivity index (χ1) is 8.90. The van der Waals surface area contributed by atoms with E-state index in [1.165, 1.54) is 0 Å². The standard InChI is InChI=1S/C15H24O4/c1-10(2)8-18-14(16)12-5-6-13(7-12)15(17)19-9-11(3)4/h5,10-11,13H,6-9H2,1-4H3. The quantitative estimate of drug-likeness (QED) is 0.695. The molecule has 4 heteroatoms. The molecule has 4 nitrogen and oxygen atoms in total. The lowest BCUT2D eigenvalue weighted by Gasteiger charge is -2.12. The Morgan fingerprint density at radius 2 is 1.74 bits per heavy atom.